The minimum atomic E-state index is -0.284. The van der Waals surface area contributed by atoms with Crippen molar-refractivity contribution in [2.75, 3.05) is 5.32 Å². The Balaban J connectivity index is 2.13. The molecule has 2 aromatic rings. The molecule has 100 valence electrons. The standard InChI is InChI=1S/C14H7Cl3N2O/c15-7-1-3-11-9(5-7)13(14(20)19-11)18-12-4-2-8(16)6-10(12)17/h1-6H,(H,18,19,20). The van der Waals surface area contributed by atoms with Crippen molar-refractivity contribution < 1.29 is 4.79 Å². The number of amides is 1. The van der Waals surface area contributed by atoms with Crippen LogP contribution in [-0.4, -0.2) is 11.6 Å². The van der Waals surface area contributed by atoms with Gasteiger partial charge in [-0.1, -0.05) is 34.8 Å². The van der Waals surface area contributed by atoms with E-state index in [0.717, 1.165) is 0 Å². The van der Waals surface area contributed by atoms with Crippen LogP contribution in [-0.2, 0) is 4.79 Å². The molecule has 0 spiro atoms. The molecule has 6 heteroatoms. The Morgan fingerprint density at radius 3 is 2.40 bits per heavy atom. The summed E-state index contributed by atoms with van der Waals surface area (Å²) >= 11 is 17.9. The van der Waals surface area contributed by atoms with E-state index < -0.39 is 0 Å². The zero-order chi connectivity index (χ0) is 14.3. The molecule has 0 saturated heterocycles. The molecular formula is C14H7Cl3N2O. The number of fused-ring (bicyclic) bond motifs is 1. The summed E-state index contributed by atoms with van der Waals surface area (Å²) in [4.78, 5) is 16.3. The van der Waals surface area contributed by atoms with Crippen LogP contribution in [0.1, 0.15) is 5.56 Å². The van der Waals surface area contributed by atoms with Crippen molar-refractivity contribution in [3.05, 3.63) is 57.0 Å². The molecule has 0 atom stereocenters. The van der Waals surface area contributed by atoms with Gasteiger partial charge in [0, 0.05) is 15.6 Å². The molecule has 0 unspecified atom stereocenters. The van der Waals surface area contributed by atoms with Crippen LogP contribution in [0.2, 0.25) is 15.1 Å². The summed E-state index contributed by atoms with van der Waals surface area (Å²) in [5, 5.41) is 4.16. The number of halogens is 3. The number of hydrogen-bond acceptors (Lipinski definition) is 2. The lowest BCUT2D eigenvalue weighted by atomic mass is 10.1. The van der Waals surface area contributed by atoms with E-state index in [2.05, 4.69) is 10.3 Å². The maximum absolute atomic E-state index is 12.0. The third-order valence-electron chi connectivity index (χ3n) is 2.84. The van der Waals surface area contributed by atoms with Crippen molar-refractivity contribution >= 4 is 57.8 Å². The minimum absolute atomic E-state index is 0.284. The molecule has 1 aliphatic heterocycles. The van der Waals surface area contributed by atoms with E-state index in [9.17, 15) is 4.79 Å². The van der Waals surface area contributed by atoms with Gasteiger partial charge in [0.1, 0.15) is 5.71 Å². The zero-order valence-corrected chi connectivity index (χ0v) is 12.2. The molecule has 20 heavy (non-hydrogen) atoms. The van der Waals surface area contributed by atoms with E-state index in [4.69, 9.17) is 34.8 Å². The molecule has 1 amide bonds. The van der Waals surface area contributed by atoms with Crippen LogP contribution in [0.25, 0.3) is 0 Å². The Morgan fingerprint density at radius 1 is 0.950 bits per heavy atom. The molecule has 3 rings (SSSR count). The molecule has 0 aliphatic carbocycles. The van der Waals surface area contributed by atoms with Gasteiger partial charge >= 0.3 is 0 Å². The van der Waals surface area contributed by atoms with E-state index in [1.54, 1.807) is 36.4 Å². The van der Waals surface area contributed by atoms with Crippen LogP contribution >= 0.6 is 34.8 Å². The Bertz CT molecular complexity index is 756. The smallest absolute Gasteiger partial charge is 0.275 e. The van der Waals surface area contributed by atoms with Gasteiger partial charge in [-0.25, -0.2) is 4.99 Å². The van der Waals surface area contributed by atoms with Crippen molar-refractivity contribution in [1.29, 1.82) is 0 Å². The second-order valence-corrected chi connectivity index (χ2v) is 5.48. The summed E-state index contributed by atoms with van der Waals surface area (Å²) in [7, 11) is 0. The van der Waals surface area contributed by atoms with Crippen LogP contribution in [0.3, 0.4) is 0 Å². The zero-order valence-electron chi connectivity index (χ0n) is 9.95. The molecule has 0 saturated carbocycles. The van der Waals surface area contributed by atoms with Crippen molar-refractivity contribution in [3.63, 3.8) is 0 Å². The van der Waals surface area contributed by atoms with E-state index in [0.29, 0.717) is 32.0 Å². The van der Waals surface area contributed by atoms with Crippen LogP contribution in [0.15, 0.2) is 41.4 Å². The van der Waals surface area contributed by atoms with Gasteiger partial charge in [-0.05, 0) is 36.4 Å². The molecule has 0 fully saturated rings. The number of rotatable bonds is 1. The summed E-state index contributed by atoms with van der Waals surface area (Å²) in [5.74, 6) is -0.284. The molecule has 1 N–H and O–H groups in total. The number of carbonyl (C=O) groups excluding carboxylic acids is 1. The SMILES string of the molecule is O=C1Nc2ccc(Cl)cc2C1=Nc1ccc(Cl)cc1Cl. The molecule has 0 bridgehead atoms. The number of carbonyl (C=O) groups is 1. The second kappa shape index (κ2) is 5.09. The van der Waals surface area contributed by atoms with Crippen molar-refractivity contribution in [3.8, 4) is 0 Å². The fraction of sp³-hybridized carbons (Fsp3) is 0. The highest BCUT2D eigenvalue weighted by Crippen LogP contribution is 2.32. The van der Waals surface area contributed by atoms with E-state index in [1.165, 1.54) is 0 Å². The third kappa shape index (κ3) is 2.40. The van der Waals surface area contributed by atoms with Gasteiger partial charge in [0.15, 0.2) is 0 Å². The predicted molar refractivity (Wildman–Crippen MR) is 82.7 cm³/mol. The number of aliphatic imine (C=N–C) groups is 1. The minimum Gasteiger partial charge on any atom is -0.320 e. The highest BCUT2D eigenvalue weighted by Gasteiger charge is 2.26. The Labute approximate surface area is 130 Å². The van der Waals surface area contributed by atoms with Gasteiger partial charge in [-0.15, -0.1) is 0 Å². The topological polar surface area (TPSA) is 41.5 Å². The van der Waals surface area contributed by atoms with Crippen LogP contribution in [0, 0.1) is 0 Å². The summed E-state index contributed by atoms with van der Waals surface area (Å²) < 4.78 is 0. The fourth-order valence-corrected chi connectivity index (χ4v) is 2.55. The average molecular weight is 326 g/mol. The first-order valence-corrected chi connectivity index (χ1v) is 6.83. The Kier molecular flexibility index (Phi) is 3.42. The summed E-state index contributed by atoms with van der Waals surface area (Å²) in [5.41, 5.74) is 2.11. The van der Waals surface area contributed by atoms with Gasteiger partial charge in [0.05, 0.1) is 16.4 Å². The number of nitrogens with one attached hydrogen (secondary N) is 1. The largest absolute Gasteiger partial charge is 0.320 e. The van der Waals surface area contributed by atoms with Crippen molar-refractivity contribution in [1.82, 2.24) is 0 Å². The Morgan fingerprint density at radius 2 is 1.65 bits per heavy atom. The normalized spacial score (nSPS) is 15.3. The van der Waals surface area contributed by atoms with Gasteiger partial charge < -0.3 is 5.32 Å². The summed E-state index contributed by atoms with van der Waals surface area (Å²) in [6.45, 7) is 0. The summed E-state index contributed by atoms with van der Waals surface area (Å²) in [6.07, 6.45) is 0. The van der Waals surface area contributed by atoms with Crippen LogP contribution in [0.4, 0.5) is 11.4 Å². The first-order valence-electron chi connectivity index (χ1n) is 5.69. The van der Waals surface area contributed by atoms with E-state index in [-0.39, 0.29) is 11.6 Å². The summed E-state index contributed by atoms with van der Waals surface area (Å²) in [6, 6.07) is 10.0. The molecule has 0 radical (unpaired) electrons. The molecule has 2 aromatic carbocycles. The van der Waals surface area contributed by atoms with Crippen molar-refractivity contribution in [2.24, 2.45) is 4.99 Å². The van der Waals surface area contributed by atoms with E-state index >= 15 is 0 Å². The molecule has 0 aromatic heterocycles. The molecule has 3 nitrogen and oxygen atoms in total. The lowest BCUT2D eigenvalue weighted by Crippen LogP contribution is -2.13. The first kappa shape index (κ1) is 13.4. The fourth-order valence-electron chi connectivity index (χ4n) is 1.93. The number of nitrogens with zero attached hydrogens (tertiary/aromatic N) is 1. The number of benzene rings is 2. The molecular weight excluding hydrogens is 319 g/mol. The van der Waals surface area contributed by atoms with Gasteiger partial charge in [0.25, 0.3) is 5.91 Å². The third-order valence-corrected chi connectivity index (χ3v) is 3.61. The highest BCUT2D eigenvalue weighted by atomic mass is 35.5. The molecule has 1 aliphatic rings. The monoisotopic (exact) mass is 324 g/mol. The van der Waals surface area contributed by atoms with Gasteiger partial charge in [-0.2, -0.15) is 0 Å². The van der Waals surface area contributed by atoms with Gasteiger partial charge in [-0.3, -0.25) is 4.79 Å². The lowest BCUT2D eigenvalue weighted by Gasteiger charge is -2.01. The second-order valence-electron chi connectivity index (χ2n) is 4.20. The van der Waals surface area contributed by atoms with Crippen molar-refractivity contribution in [2.45, 2.75) is 0 Å². The lowest BCUT2D eigenvalue weighted by molar-refractivity contribution is -0.110. The maximum atomic E-state index is 12.0. The highest BCUT2D eigenvalue weighted by molar-refractivity contribution is 6.54. The Hall–Kier alpha value is -1.55. The average Bonchev–Trinajstić information content (AvgIpc) is 2.69. The van der Waals surface area contributed by atoms with Gasteiger partial charge in [0.2, 0.25) is 0 Å². The quantitative estimate of drug-likeness (QED) is 0.810. The molecule has 1 heterocycles. The predicted octanol–water partition coefficient (Wildman–Crippen LogP) is 4.72. The first-order chi connectivity index (χ1) is 9.54. The number of anilines is 1. The number of hydrogen-bond donors (Lipinski definition) is 1. The van der Waals surface area contributed by atoms with Crippen LogP contribution in [0.5, 0.6) is 0 Å². The maximum Gasteiger partial charge on any atom is 0.275 e. The van der Waals surface area contributed by atoms with E-state index in [1.807, 2.05) is 0 Å². The van der Waals surface area contributed by atoms with Crippen LogP contribution < -0.4 is 5.32 Å².